The van der Waals surface area contributed by atoms with Crippen molar-refractivity contribution in [2.45, 2.75) is 12.5 Å². The number of fused-ring (bicyclic) bond motifs is 3. The Hall–Kier alpha value is -2.60. The molecule has 0 bridgehead atoms. The van der Waals surface area contributed by atoms with Crippen LogP contribution in [0, 0.1) is 5.95 Å². The van der Waals surface area contributed by atoms with Crippen molar-refractivity contribution in [3.8, 4) is 11.3 Å². The molecule has 1 atom stereocenters. The molecule has 21 heavy (non-hydrogen) atoms. The summed E-state index contributed by atoms with van der Waals surface area (Å²) >= 11 is 0. The lowest BCUT2D eigenvalue weighted by atomic mass is 10.1. The standard InChI is InChI=1S/C15H12FN5/c16-14-4-1-9(8-18-14)11-5-6-21-13-7-10(17)2-3-12(13)20-15(21)19-11/h1,3-8,10H,2,17H2. The van der Waals surface area contributed by atoms with Gasteiger partial charge in [-0.05, 0) is 30.7 Å². The lowest BCUT2D eigenvalue weighted by molar-refractivity contribution is 0.584. The molecular weight excluding hydrogens is 269 g/mol. The molecule has 0 amide bonds. The molecule has 3 aromatic heterocycles. The molecule has 1 unspecified atom stereocenters. The zero-order valence-electron chi connectivity index (χ0n) is 11.1. The number of rotatable bonds is 1. The Balaban J connectivity index is 1.92. The minimum atomic E-state index is -0.505. The number of hydrogen-bond acceptors (Lipinski definition) is 4. The maximum atomic E-state index is 12.9. The largest absolute Gasteiger partial charge is 0.324 e. The molecule has 0 saturated heterocycles. The van der Waals surface area contributed by atoms with Gasteiger partial charge in [0.05, 0.1) is 16.4 Å². The van der Waals surface area contributed by atoms with E-state index in [2.05, 4.69) is 15.0 Å². The van der Waals surface area contributed by atoms with Crippen molar-refractivity contribution in [1.82, 2.24) is 19.4 Å². The Morgan fingerprint density at radius 3 is 2.95 bits per heavy atom. The van der Waals surface area contributed by atoms with Crippen molar-refractivity contribution in [3.05, 3.63) is 47.2 Å². The average molecular weight is 281 g/mol. The van der Waals surface area contributed by atoms with Gasteiger partial charge in [-0.15, -0.1) is 0 Å². The average Bonchev–Trinajstić information content (AvgIpc) is 2.85. The number of imidazole rings is 1. The van der Waals surface area contributed by atoms with Gasteiger partial charge >= 0.3 is 0 Å². The van der Waals surface area contributed by atoms with Crippen molar-refractivity contribution in [1.29, 1.82) is 0 Å². The van der Waals surface area contributed by atoms with Crippen LogP contribution in [-0.4, -0.2) is 25.4 Å². The molecule has 1 aliphatic rings. The Bertz CT molecular complexity index is 943. The fraction of sp³-hybridized carbons (Fsp3) is 0.133. The van der Waals surface area contributed by atoms with Crippen molar-refractivity contribution in [3.63, 3.8) is 0 Å². The number of pyridine rings is 1. The first kappa shape index (κ1) is 12.2. The molecule has 0 spiro atoms. The Labute approximate surface area is 119 Å². The topological polar surface area (TPSA) is 69.1 Å². The first-order chi connectivity index (χ1) is 10.2. The second kappa shape index (κ2) is 4.46. The van der Waals surface area contributed by atoms with Crippen molar-refractivity contribution in [2.75, 3.05) is 0 Å². The molecule has 104 valence electrons. The molecule has 0 aliphatic heterocycles. The summed E-state index contributed by atoms with van der Waals surface area (Å²) in [5.41, 5.74) is 7.41. The maximum Gasteiger partial charge on any atom is 0.235 e. The highest BCUT2D eigenvalue weighted by Gasteiger charge is 2.09. The lowest BCUT2D eigenvalue weighted by Crippen LogP contribution is -2.35. The molecule has 5 nitrogen and oxygen atoms in total. The lowest BCUT2D eigenvalue weighted by Gasteiger charge is -2.05. The highest BCUT2D eigenvalue weighted by Crippen LogP contribution is 2.15. The van der Waals surface area contributed by atoms with Crippen LogP contribution in [0.15, 0.2) is 30.6 Å². The summed E-state index contributed by atoms with van der Waals surface area (Å²) in [6.07, 6.45) is 8.16. The molecule has 4 rings (SSSR count). The summed E-state index contributed by atoms with van der Waals surface area (Å²) < 4.78 is 14.8. The summed E-state index contributed by atoms with van der Waals surface area (Å²) in [5.74, 6) is 0.0951. The number of aromatic nitrogens is 4. The van der Waals surface area contributed by atoms with E-state index in [9.17, 15) is 4.39 Å². The Morgan fingerprint density at radius 1 is 1.24 bits per heavy atom. The van der Waals surface area contributed by atoms with E-state index in [1.165, 1.54) is 12.3 Å². The zero-order valence-corrected chi connectivity index (χ0v) is 11.1. The third-order valence-electron chi connectivity index (χ3n) is 3.54. The smallest absolute Gasteiger partial charge is 0.235 e. The Morgan fingerprint density at radius 2 is 2.14 bits per heavy atom. The van der Waals surface area contributed by atoms with Crippen LogP contribution >= 0.6 is 0 Å². The minimum absolute atomic E-state index is 0.0124. The van der Waals surface area contributed by atoms with E-state index in [-0.39, 0.29) is 6.04 Å². The summed E-state index contributed by atoms with van der Waals surface area (Å²) in [4.78, 5) is 12.7. The highest BCUT2D eigenvalue weighted by atomic mass is 19.1. The van der Waals surface area contributed by atoms with Crippen molar-refractivity contribution < 1.29 is 4.39 Å². The third kappa shape index (κ3) is 2.00. The van der Waals surface area contributed by atoms with Crippen LogP contribution in [0.5, 0.6) is 0 Å². The van der Waals surface area contributed by atoms with Crippen molar-refractivity contribution >= 4 is 17.9 Å². The summed E-state index contributed by atoms with van der Waals surface area (Å²) in [6.45, 7) is 0. The van der Waals surface area contributed by atoms with Gasteiger partial charge in [-0.3, -0.25) is 4.40 Å². The van der Waals surface area contributed by atoms with E-state index >= 15 is 0 Å². The summed E-state index contributed by atoms with van der Waals surface area (Å²) in [6, 6.07) is 4.84. The van der Waals surface area contributed by atoms with Gasteiger partial charge in [0.25, 0.3) is 0 Å². The number of halogens is 1. The van der Waals surface area contributed by atoms with Gasteiger partial charge in [0.2, 0.25) is 11.7 Å². The van der Waals surface area contributed by atoms with E-state index in [1.54, 1.807) is 6.07 Å². The Kier molecular flexibility index (Phi) is 2.58. The molecule has 2 N–H and O–H groups in total. The van der Waals surface area contributed by atoms with E-state index in [1.807, 2.05) is 28.8 Å². The fourth-order valence-electron chi connectivity index (χ4n) is 2.49. The fourth-order valence-corrected chi connectivity index (χ4v) is 2.49. The van der Waals surface area contributed by atoms with Crippen LogP contribution in [0.25, 0.3) is 29.2 Å². The summed E-state index contributed by atoms with van der Waals surface area (Å²) in [7, 11) is 0. The molecule has 3 aromatic rings. The van der Waals surface area contributed by atoms with Gasteiger partial charge in [-0.25, -0.2) is 15.0 Å². The number of nitrogens with two attached hydrogens (primary N) is 1. The maximum absolute atomic E-state index is 12.9. The molecule has 0 saturated carbocycles. The van der Waals surface area contributed by atoms with Gasteiger partial charge < -0.3 is 5.73 Å². The van der Waals surface area contributed by atoms with Crippen molar-refractivity contribution in [2.24, 2.45) is 5.73 Å². The van der Waals surface area contributed by atoms with E-state index < -0.39 is 5.95 Å². The van der Waals surface area contributed by atoms with Gasteiger partial charge in [-0.1, -0.05) is 6.08 Å². The molecule has 6 heteroatoms. The molecular formula is C15H12FN5. The number of hydrogen-bond donors (Lipinski definition) is 1. The predicted octanol–water partition coefficient (Wildman–Crippen LogP) is 0.222. The SMILES string of the molecule is NC1C=c2c(nc3nc(-c4ccc(F)nc4)ccn23)=CC1. The molecule has 3 heterocycles. The van der Waals surface area contributed by atoms with Crippen LogP contribution in [0.3, 0.4) is 0 Å². The van der Waals surface area contributed by atoms with Gasteiger partial charge in [-0.2, -0.15) is 4.39 Å². The van der Waals surface area contributed by atoms with Crippen LogP contribution in [0.1, 0.15) is 6.42 Å². The predicted molar refractivity (Wildman–Crippen MR) is 76.9 cm³/mol. The van der Waals surface area contributed by atoms with Crippen LogP contribution in [0.4, 0.5) is 4.39 Å². The second-order valence-electron chi connectivity index (χ2n) is 5.01. The minimum Gasteiger partial charge on any atom is -0.324 e. The highest BCUT2D eigenvalue weighted by molar-refractivity contribution is 5.59. The normalized spacial score (nSPS) is 17.1. The molecule has 0 radical (unpaired) electrons. The van der Waals surface area contributed by atoms with Gasteiger partial charge in [0, 0.05) is 24.0 Å². The van der Waals surface area contributed by atoms with E-state index in [4.69, 9.17) is 5.73 Å². The first-order valence-electron chi connectivity index (χ1n) is 6.65. The zero-order chi connectivity index (χ0) is 14.4. The van der Waals surface area contributed by atoms with Crippen LogP contribution in [-0.2, 0) is 0 Å². The first-order valence-corrected chi connectivity index (χ1v) is 6.65. The van der Waals surface area contributed by atoms with Crippen LogP contribution in [0.2, 0.25) is 0 Å². The molecule has 0 aromatic carbocycles. The van der Waals surface area contributed by atoms with Gasteiger partial charge in [0.1, 0.15) is 0 Å². The van der Waals surface area contributed by atoms with Crippen LogP contribution < -0.4 is 16.4 Å². The van der Waals surface area contributed by atoms with E-state index in [0.29, 0.717) is 11.5 Å². The van der Waals surface area contributed by atoms with Gasteiger partial charge in [0.15, 0.2) is 0 Å². The third-order valence-corrected chi connectivity index (χ3v) is 3.54. The molecule has 1 aliphatic carbocycles. The monoisotopic (exact) mass is 281 g/mol. The second-order valence-corrected chi connectivity index (χ2v) is 5.01. The number of nitrogens with zero attached hydrogens (tertiary/aromatic N) is 4. The molecule has 0 fully saturated rings. The van der Waals surface area contributed by atoms with E-state index in [0.717, 1.165) is 22.7 Å². The summed E-state index contributed by atoms with van der Waals surface area (Å²) in [5, 5.41) is 1.87. The quantitative estimate of drug-likeness (QED) is 0.648.